The molecule has 4 nitrogen and oxygen atoms in total. The van der Waals surface area contributed by atoms with Gasteiger partial charge in [-0.05, 0) is 17.7 Å². The van der Waals surface area contributed by atoms with Crippen molar-refractivity contribution in [2.45, 2.75) is 6.42 Å². The first-order chi connectivity index (χ1) is 8.15. The largest absolute Gasteiger partial charge is 0.491 e. The molecule has 0 aliphatic carbocycles. The number of nitrogen functional groups attached to an aromatic ring is 1. The second-order valence-electron chi connectivity index (χ2n) is 3.80. The molecule has 0 aliphatic heterocycles. The summed E-state index contributed by atoms with van der Waals surface area (Å²) in [5.74, 6) is 0.150. The number of nitrogens with zero attached hydrogens (tertiary/aromatic N) is 2. The minimum absolute atomic E-state index is 0.316. The Kier molecular flexibility index (Phi) is 3.27. The lowest BCUT2D eigenvalue weighted by Crippen LogP contribution is -2.03. The van der Waals surface area contributed by atoms with Crippen LogP contribution in [0.3, 0.4) is 0 Å². The zero-order valence-electron chi connectivity index (χ0n) is 9.56. The van der Waals surface area contributed by atoms with Crippen LogP contribution in [-0.2, 0) is 13.5 Å². The SMILES string of the molecule is Cn1cc(CCOc2ccc(F)cc2N)cn1. The Labute approximate surface area is 98.8 Å². The number of nitrogens with two attached hydrogens (primary N) is 1. The summed E-state index contributed by atoms with van der Waals surface area (Å²) < 4.78 is 20.0. The Morgan fingerprint density at radius 1 is 1.47 bits per heavy atom. The van der Waals surface area contributed by atoms with Crippen LogP contribution in [0, 0.1) is 5.82 Å². The Morgan fingerprint density at radius 2 is 2.29 bits per heavy atom. The molecule has 0 saturated carbocycles. The predicted octanol–water partition coefficient (Wildman–Crippen LogP) is 1.76. The molecule has 0 bridgehead atoms. The van der Waals surface area contributed by atoms with E-state index >= 15 is 0 Å². The zero-order valence-corrected chi connectivity index (χ0v) is 9.56. The van der Waals surface area contributed by atoms with Crippen LogP contribution in [0.1, 0.15) is 5.56 Å². The average molecular weight is 235 g/mol. The molecule has 0 aliphatic rings. The number of hydrogen-bond acceptors (Lipinski definition) is 3. The molecule has 90 valence electrons. The maximum Gasteiger partial charge on any atom is 0.142 e. The van der Waals surface area contributed by atoms with Crippen molar-refractivity contribution in [2.24, 2.45) is 7.05 Å². The van der Waals surface area contributed by atoms with Crippen LogP contribution in [0.4, 0.5) is 10.1 Å². The number of hydrogen-bond donors (Lipinski definition) is 1. The summed E-state index contributed by atoms with van der Waals surface area (Å²) >= 11 is 0. The maximum atomic E-state index is 12.8. The molecule has 0 spiro atoms. The summed E-state index contributed by atoms with van der Waals surface area (Å²) in [5.41, 5.74) is 7.03. The molecule has 0 atom stereocenters. The number of ether oxygens (including phenoxy) is 1. The molecule has 5 heteroatoms. The molecular weight excluding hydrogens is 221 g/mol. The van der Waals surface area contributed by atoms with Gasteiger partial charge in [-0.15, -0.1) is 0 Å². The van der Waals surface area contributed by atoms with E-state index in [-0.39, 0.29) is 5.82 Å². The molecular formula is C12H14FN3O. The van der Waals surface area contributed by atoms with Crippen molar-refractivity contribution in [3.8, 4) is 5.75 Å². The highest BCUT2D eigenvalue weighted by Crippen LogP contribution is 2.21. The first-order valence-electron chi connectivity index (χ1n) is 5.30. The molecule has 0 radical (unpaired) electrons. The summed E-state index contributed by atoms with van der Waals surface area (Å²) in [6, 6.07) is 4.11. The van der Waals surface area contributed by atoms with Gasteiger partial charge in [0.25, 0.3) is 0 Å². The number of rotatable bonds is 4. The number of aryl methyl sites for hydroxylation is 1. The van der Waals surface area contributed by atoms with Gasteiger partial charge in [0, 0.05) is 25.7 Å². The fraction of sp³-hybridized carbons (Fsp3) is 0.250. The van der Waals surface area contributed by atoms with Gasteiger partial charge in [-0.25, -0.2) is 4.39 Å². The quantitative estimate of drug-likeness (QED) is 0.821. The standard InChI is InChI=1S/C12H14FN3O/c1-16-8-9(7-15-16)4-5-17-12-3-2-10(13)6-11(12)14/h2-3,6-8H,4-5,14H2,1H3. The van der Waals surface area contributed by atoms with Gasteiger partial charge in [0.05, 0.1) is 18.5 Å². The second kappa shape index (κ2) is 4.86. The highest BCUT2D eigenvalue weighted by Gasteiger charge is 2.02. The first-order valence-corrected chi connectivity index (χ1v) is 5.30. The highest BCUT2D eigenvalue weighted by atomic mass is 19.1. The zero-order chi connectivity index (χ0) is 12.3. The summed E-state index contributed by atoms with van der Waals surface area (Å²) in [5, 5.41) is 4.06. The molecule has 1 heterocycles. The second-order valence-corrected chi connectivity index (χ2v) is 3.80. The highest BCUT2D eigenvalue weighted by molar-refractivity contribution is 5.52. The molecule has 1 aromatic carbocycles. The van der Waals surface area contributed by atoms with Crippen molar-refractivity contribution in [3.63, 3.8) is 0 Å². The van der Waals surface area contributed by atoms with E-state index in [1.807, 2.05) is 13.2 Å². The molecule has 2 aromatic rings. The lowest BCUT2D eigenvalue weighted by Gasteiger charge is -2.07. The Hall–Kier alpha value is -2.04. The van der Waals surface area contributed by atoms with E-state index in [2.05, 4.69) is 5.10 Å². The third-order valence-corrected chi connectivity index (χ3v) is 2.38. The van der Waals surface area contributed by atoms with Gasteiger partial charge in [-0.2, -0.15) is 5.10 Å². The van der Waals surface area contributed by atoms with Crippen molar-refractivity contribution in [1.82, 2.24) is 9.78 Å². The first kappa shape index (κ1) is 11.4. The van der Waals surface area contributed by atoms with Crippen LogP contribution in [-0.4, -0.2) is 16.4 Å². The summed E-state index contributed by atoms with van der Waals surface area (Å²) in [6.45, 7) is 0.488. The summed E-state index contributed by atoms with van der Waals surface area (Å²) in [4.78, 5) is 0. The van der Waals surface area contributed by atoms with Gasteiger partial charge in [0.15, 0.2) is 0 Å². The van der Waals surface area contributed by atoms with Crippen molar-refractivity contribution < 1.29 is 9.13 Å². The van der Waals surface area contributed by atoms with Crippen LogP contribution < -0.4 is 10.5 Å². The molecule has 0 saturated heterocycles. The van der Waals surface area contributed by atoms with Crippen molar-refractivity contribution in [2.75, 3.05) is 12.3 Å². The van der Waals surface area contributed by atoms with E-state index in [1.54, 1.807) is 10.9 Å². The number of benzene rings is 1. The third kappa shape index (κ3) is 2.96. The molecule has 1 aromatic heterocycles. The molecule has 0 unspecified atom stereocenters. The average Bonchev–Trinajstić information content (AvgIpc) is 2.68. The lowest BCUT2D eigenvalue weighted by atomic mass is 10.2. The third-order valence-electron chi connectivity index (χ3n) is 2.38. The van der Waals surface area contributed by atoms with E-state index in [0.717, 1.165) is 12.0 Å². The molecule has 0 fully saturated rings. The van der Waals surface area contributed by atoms with Crippen LogP contribution in [0.2, 0.25) is 0 Å². The summed E-state index contributed by atoms with van der Waals surface area (Å²) in [7, 11) is 1.86. The van der Waals surface area contributed by atoms with Gasteiger partial charge in [0.2, 0.25) is 0 Å². The number of aromatic nitrogens is 2. The maximum absolute atomic E-state index is 12.8. The normalized spacial score (nSPS) is 10.5. The van der Waals surface area contributed by atoms with Gasteiger partial charge in [0.1, 0.15) is 11.6 Å². The Morgan fingerprint density at radius 3 is 2.94 bits per heavy atom. The minimum atomic E-state index is -0.359. The molecule has 0 amide bonds. The Balaban J connectivity index is 1.90. The summed E-state index contributed by atoms with van der Waals surface area (Å²) in [6.07, 6.45) is 4.46. The van der Waals surface area contributed by atoms with Gasteiger partial charge >= 0.3 is 0 Å². The topological polar surface area (TPSA) is 53.1 Å². The fourth-order valence-corrected chi connectivity index (χ4v) is 1.53. The number of anilines is 1. The van der Waals surface area contributed by atoms with Gasteiger partial charge in [-0.1, -0.05) is 0 Å². The number of halogens is 1. The van der Waals surface area contributed by atoms with Gasteiger partial charge < -0.3 is 10.5 Å². The predicted molar refractivity (Wildman–Crippen MR) is 63.2 cm³/mol. The van der Waals surface area contributed by atoms with Gasteiger partial charge in [-0.3, -0.25) is 4.68 Å². The Bertz CT molecular complexity index is 510. The van der Waals surface area contributed by atoms with Crippen LogP contribution in [0.25, 0.3) is 0 Å². The smallest absolute Gasteiger partial charge is 0.142 e. The fourth-order valence-electron chi connectivity index (χ4n) is 1.53. The van der Waals surface area contributed by atoms with Crippen LogP contribution in [0.15, 0.2) is 30.6 Å². The molecule has 17 heavy (non-hydrogen) atoms. The monoisotopic (exact) mass is 235 g/mol. The van der Waals surface area contributed by atoms with E-state index < -0.39 is 0 Å². The van der Waals surface area contributed by atoms with Crippen LogP contribution in [0.5, 0.6) is 5.75 Å². The van der Waals surface area contributed by atoms with E-state index in [0.29, 0.717) is 18.0 Å². The lowest BCUT2D eigenvalue weighted by molar-refractivity contribution is 0.323. The van der Waals surface area contributed by atoms with Crippen molar-refractivity contribution in [1.29, 1.82) is 0 Å². The van der Waals surface area contributed by atoms with E-state index in [1.165, 1.54) is 18.2 Å². The van der Waals surface area contributed by atoms with E-state index in [9.17, 15) is 4.39 Å². The van der Waals surface area contributed by atoms with E-state index in [4.69, 9.17) is 10.5 Å². The van der Waals surface area contributed by atoms with Crippen LogP contribution >= 0.6 is 0 Å². The van der Waals surface area contributed by atoms with Crippen molar-refractivity contribution >= 4 is 5.69 Å². The molecule has 2 N–H and O–H groups in total. The molecule has 2 rings (SSSR count). The van der Waals surface area contributed by atoms with Crippen molar-refractivity contribution in [3.05, 3.63) is 42.0 Å². The minimum Gasteiger partial charge on any atom is -0.491 e.